The van der Waals surface area contributed by atoms with Crippen LogP contribution < -0.4 is 5.32 Å². The second kappa shape index (κ2) is 7.00. The van der Waals surface area contributed by atoms with E-state index in [0.717, 1.165) is 12.0 Å². The van der Waals surface area contributed by atoms with Gasteiger partial charge >= 0.3 is 0 Å². The Morgan fingerprint density at radius 1 is 1.38 bits per heavy atom. The molecule has 0 saturated carbocycles. The van der Waals surface area contributed by atoms with Gasteiger partial charge in [0.15, 0.2) is 0 Å². The molecule has 0 radical (unpaired) electrons. The highest BCUT2D eigenvalue weighted by Crippen LogP contribution is 2.13. The molecule has 0 amide bonds. The van der Waals surface area contributed by atoms with Gasteiger partial charge in [-0.15, -0.1) is 0 Å². The van der Waals surface area contributed by atoms with Crippen molar-refractivity contribution >= 4 is 0 Å². The van der Waals surface area contributed by atoms with Crippen LogP contribution in [-0.2, 0) is 6.42 Å². The lowest BCUT2D eigenvalue weighted by Gasteiger charge is -2.11. The van der Waals surface area contributed by atoms with E-state index in [2.05, 4.69) is 18.3 Å². The highest BCUT2D eigenvalue weighted by atomic mass is 16.3. The molecule has 1 aromatic rings. The summed E-state index contributed by atoms with van der Waals surface area (Å²) in [6.07, 6.45) is 1.68. The predicted molar refractivity (Wildman–Crippen MR) is 63.9 cm³/mol. The molecule has 16 heavy (non-hydrogen) atoms. The van der Waals surface area contributed by atoms with E-state index in [1.54, 1.807) is 0 Å². The number of benzene rings is 1. The van der Waals surface area contributed by atoms with Crippen LogP contribution in [0.25, 0.3) is 0 Å². The average molecular weight is 218 g/mol. The molecule has 1 atom stereocenters. The lowest BCUT2D eigenvalue weighted by Crippen LogP contribution is -2.21. The SMILES string of the molecule is CCc1ccc(C(C#N)NCCCO)cc1. The molecule has 3 heteroatoms. The average Bonchev–Trinajstić information content (AvgIpc) is 2.35. The maximum Gasteiger partial charge on any atom is 0.121 e. The van der Waals surface area contributed by atoms with Crippen LogP contribution in [-0.4, -0.2) is 18.3 Å². The van der Waals surface area contributed by atoms with E-state index in [0.29, 0.717) is 13.0 Å². The van der Waals surface area contributed by atoms with Gasteiger partial charge < -0.3 is 5.11 Å². The summed E-state index contributed by atoms with van der Waals surface area (Å²) in [4.78, 5) is 0. The van der Waals surface area contributed by atoms with Crippen molar-refractivity contribution in [2.45, 2.75) is 25.8 Å². The van der Waals surface area contributed by atoms with Crippen molar-refractivity contribution in [1.82, 2.24) is 5.32 Å². The minimum Gasteiger partial charge on any atom is -0.396 e. The zero-order valence-corrected chi connectivity index (χ0v) is 9.61. The van der Waals surface area contributed by atoms with Gasteiger partial charge in [-0.1, -0.05) is 31.2 Å². The van der Waals surface area contributed by atoms with Crippen molar-refractivity contribution in [3.8, 4) is 6.07 Å². The molecule has 86 valence electrons. The maximum atomic E-state index is 9.03. The smallest absolute Gasteiger partial charge is 0.121 e. The van der Waals surface area contributed by atoms with E-state index in [-0.39, 0.29) is 12.6 Å². The number of aliphatic hydroxyl groups is 1. The minimum absolute atomic E-state index is 0.153. The topological polar surface area (TPSA) is 56.0 Å². The Balaban J connectivity index is 2.61. The van der Waals surface area contributed by atoms with E-state index in [1.165, 1.54) is 5.56 Å². The third-order valence-electron chi connectivity index (χ3n) is 2.53. The van der Waals surface area contributed by atoms with E-state index < -0.39 is 0 Å². The van der Waals surface area contributed by atoms with Gasteiger partial charge in [-0.3, -0.25) is 5.32 Å². The van der Waals surface area contributed by atoms with Gasteiger partial charge in [0.05, 0.1) is 6.07 Å². The molecule has 0 aliphatic rings. The van der Waals surface area contributed by atoms with Crippen molar-refractivity contribution in [3.63, 3.8) is 0 Å². The van der Waals surface area contributed by atoms with Crippen LogP contribution in [0.15, 0.2) is 24.3 Å². The fourth-order valence-corrected chi connectivity index (χ4v) is 1.51. The highest BCUT2D eigenvalue weighted by molar-refractivity contribution is 5.28. The third-order valence-corrected chi connectivity index (χ3v) is 2.53. The number of hydrogen-bond donors (Lipinski definition) is 2. The van der Waals surface area contributed by atoms with Crippen LogP contribution in [0.5, 0.6) is 0 Å². The van der Waals surface area contributed by atoms with E-state index >= 15 is 0 Å². The first kappa shape index (κ1) is 12.7. The van der Waals surface area contributed by atoms with Crippen LogP contribution in [0.3, 0.4) is 0 Å². The zero-order valence-electron chi connectivity index (χ0n) is 9.61. The molecule has 0 aliphatic heterocycles. The second-order valence-electron chi connectivity index (χ2n) is 3.69. The normalized spacial score (nSPS) is 12.1. The second-order valence-corrected chi connectivity index (χ2v) is 3.69. The number of rotatable bonds is 6. The number of aliphatic hydroxyl groups excluding tert-OH is 1. The van der Waals surface area contributed by atoms with Crippen molar-refractivity contribution in [2.24, 2.45) is 0 Å². The Morgan fingerprint density at radius 3 is 2.56 bits per heavy atom. The Hall–Kier alpha value is -1.37. The molecule has 0 saturated heterocycles. The standard InChI is InChI=1S/C13H18N2O/c1-2-11-4-6-12(7-5-11)13(10-14)15-8-3-9-16/h4-7,13,15-16H,2-3,8-9H2,1H3. The summed E-state index contributed by atoms with van der Waals surface area (Å²) in [6.45, 7) is 2.92. The molecule has 0 fully saturated rings. The summed E-state index contributed by atoms with van der Waals surface area (Å²) in [5.74, 6) is 0. The first-order valence-electron chi connectivity index (χ1n) is 5.64. The Bertz CT molecular complexity index is 340. The van der Waals surface area contributed by atoms with E-state index in [4.69, 9.17) is 10.4 Å². The number of aryl methyl sites for hydroxylation is 1. The predicted octanol–water partition coefficient (Wildman–Crippen LogP) is 1.79. The van der Waals surface area contributed by atoms with Crippen LogP contribution in [0.2, 0.25) is 0 Å². The molecular formula is C13H18N2O. The van der Waals surface area contributed by atoms with Crippen molar-refractivity contribution in [3.05, 3.63) is 35.4 Å². The van der Waals surface area contributed by atoms with Gasteiger partial charge in [0.2, 0.25) is 0 Å². The summed E-state index contributed by atoms with van der Waals surface area (Å²) in [7, 11) is 0. The maximum absolute atomic E-state index is 9.03. The first-order chi connectivity index (χ1) is 7.81. The highest BCUT2D eigenvalue weighted by Gasteiger charge is 2.08. The van der Waals surface area contributed by atoms with Crippen LogP contribution in [0.1, 0.15) is 30.5 Å². The molecule has 1 unspecified atom stereocenters. The molecule has 0 spiro atoms. The summed E-state index contributed by atoms with van der Waals surface area (Å²) in [5.41, 5.74) is 2.26. The van der Waals surface area contributed by atoms with Crippen molar-refractivity contribution in [1.29, 1.82) is 5.26 Å². The van der Waals surface area contributed by atoms with E-state index in [9.17, 15) is 0 Å². The molecule has 0 aromatic heterocycles. The van der Waals surface area contributed by atoms with Crippen LogP contribution in [0, 0.1) is 11.3 Å². The summed E-state index contributed by atoms with van der Waals surface area (Å²) < 4.78 is 0. The molecule has 1 aromatic carbocycles. The van der Waals surface area contributed by atoms with Crippen molar-refractivity contribution < 1.29 is 5.11 Å². The largest absolute Gasteiger partial charge is 0.396 e. The van der Waals surface area contributed by atoms with Crippen LogP contribution >= 0.6 is 0 Å². The Morgan fingerprint density at radius 2 is 2.06 bits per heavy atom. The number of hydrogen-bond acceptors (Lipinski definition) is 3. The van der Waals surface area contributed by atoms with Crippen molar-refractivity contribution in [2.75, 3.05) is 13.2 Å². The summed E-state index contributed by atoms with van der Waals surface area (Å²) >= 11 is 0. The monoisotopic (exact) mass is 218 g/mol. The fraction of sp³-hybridized carbons (Fsp3) is 0.462. The summed E-state index contributed by atoms with van der Waals surface area (Å²) in [6, 6.07) is 10.0. The fourth-order valence-electron chi connectivity index (χ4n) is 1.51. The summed E-state index contributed by atoms with van der Waals surface area (Å²) in [5, 5.41) is 20.8. The molecule has 0 heterocycles. The molecular weight excluding hydrogens is 200 g/mol. The van der Waals surface area contributed by atoms with Crippen LogP contribution in [0.4, 0.5) is 0 Å². The van der Waals surface area contributed by atoms with Gasteiger partial charge in [0, 0.05) is 6.61 Å². The molecule has 3 nitrogen and oxygen atoms in total. The zero-order chi connectivity index (χ0) is 11.8. The third kappa shape index (κ3) is 3.65. The van der Waals surface area contributed by atoms with Gasteiger partial charge in [-0.05, 0) is 30.5 Å². The van der Waals surface area contributed by atoms with Gasteiger partial charge in [0.25, 0.3) is 0 Å². The lowest BCUT2D eigenvalue weighted by molar-refractivity contribution is 0.285. The van der Waals surface area contributed by atoms with E-state index in [1.807, 2.05) is 24.3 Å². The number of nitriles is 1. The molecule has 2 N–H and O–H groups in total. The van der Waals surface area contributed by atoms with Gasteiger partial charge in [-0.25, -0.2) is 0 Å². The minimum atomic E-state index is -0.280. The first-order valence-corrected chi connectivity index (χ1v) is 5.64. The molecule has 0 bridgehead atoms. The lowest BCUT2D eigenvalue weighted by atomic mass is 10.0. The molecule has 1 rings (SSSR count). The quantitative estimate of drug-likeness (QED) is 0.716. The molecule has 0 aliphatic carbocycles. The van der Waals surface area contributed by atoms with Gasteiger partial charge in [-0.2, -0.15) is 5.26 Å². The number of nitrogens with zero attached hydrogens (tertiary/aromatic N) is 1. The van der Waals surface area contributed by atoms with Gasteiger partial charge in [0.1, 0.15) is 6.04 Å². The Labute approximate surface area is 96.7 Å². The Kier molecular flexibility index (Phi) is 5.55. The number of nitrogens with one attached hydrogen (secondary N) is 1.